The topological polar surface area (TPSA) is 21.7 Å². The van der Waals surface area contributed by atoms with Crippen LogP contribution < -0.4 is 4.57 Å². The Kier molecular flexibility index (Phi) is 5.33. The van der Waals surface area contributed by atoms with E-state index in [9.17, 15) is 0 Å². The second kappa shape index (κ2) is 8.32. The number of hydrogen-bond acceptors (Lipinski definition) is 1. The highest BCUT2D eigenvalue weighted by molar-refractivity contribution is 5.83. The number of fused-ring (bicyclic) bond motifs is 1. The van der Waals surface area contributed by atoms with Crippen molar-refractivity contribution in [3.05, 3.63) is 102 Å². The molecular weight excluding hydrogens is 402 g/mol. The molecule has 164 valence electrons. The lowest BCUT2D eigenvalue weighted by molar-refractivity contribution is -0.633. The van der Waals surface area contributed by atoms with Crippen molar-refractivity contribution in [2.45, 2.75) is 33.6 Å². The van der Waals surface area contributed by atoms with E-state index >= 15 is 0 Å². The van der Waals surface area contributed by atoms with Crippen molar-refractivity contribution in [2.24, 2.45) is 7.05 Å². The molecule has 0 fully saturated rings. The van der Waals surface area contributed by atoms with Gasteiger partial charge in [-0.2, -0.15) is 4.57 Å². The molecule has 5 rings (SSSR count). The molecule has 3 nitrogen and oxygen atoms in total. The van der Waals surface area contributed by atoms with Gasteiger partial charge in [-0.3, -0.25) is 4.98 Å². The van der Waals surface area contributed by atoms with E-state index in [4.69, 9.17) is 0 Å². The zero-order chi connectivity index (χ0) is 23.1. The van der Waals surface area contributed by atoms with Gasteiger partial charge in [0, 0.05) is 23.5 Å². The molecule has 0 bridgehead atoms. The summed E-state index contributed by atoms with van der Waals surface area (Å²) in [5.41, 5.74) is 11.1. The van der Waals surface area contributed by atoms with Gasteiger partial charge < -0.3 is 0 Å². The van der Waals surface area contributed by atoms with E-state index in [-0.39, 0.29) is 0 Å². The molecule has 0 saturated heterocycles. The minimum atomic E-state index is 0.373. The minimum Gasteiger partial charge on any atom is -0.264 e. The van der Waals surface area contributed by atoms with Crippen LogP contribution in [0.15, 0.2) is 85.2 Å². The Labute approximate surface area is 196 Å². The van der Waals surface area contributed by atoms with Crippen LogP contribution >= 0.6 is 0 Å². The highest BCUT2D eigenvalue weighted by atomic mass is 15.2. The quantitative estimate of drug-likeness (QED) is 0.282. The Morgan fingerprint density at radius 2 is 1.61 bits per heavy atom. The fourth-order valence-electron chi connectivity index (χ4n) is 4.84. The summed E-state index contributed by atoms with van der Waals surface area (Å²) in [6, 6.07) is 26.2. The lowest BCUT2D eigenvalue weighted by Crippen LogP contribution is -2.30. The predicted molar refractivity (Wildman–Crippen MR) is 137 cm³/mol. The van der Waals surface area contributed by atoms with Crippen molar-refractivity contribution in [1.29, 1.82) is 0 Å². The molecule has 2 aromatic heterocycles. The van der Waals surface area contributed by atoms with E-state index in [1.807, 2.05) is 12.4 Å². The van der Waals surface area contributed by atoms with Crippen LogP contribution in [0, 0.1) is 13.8 Å². The molecule has 0 N–H and O–H groups in total. The smallest absolute Gasteiger partial charge is 0.264 e. The molecule has 3 aromatic carbocycles. The number of imidazole rings is 1. The number of para-hydroxylation sites is 1. The number of aromatic nitrogens is 3. The molecule has 0 spiro atoms. The number of pyridine rings is 1. The SMILES string of the molecule is Cc1ccncc1-c1n(-c2ccc(-c3ccccc3)cc2C(C)C)c2c(C)cccc2[n+]1C. The predicted octanol–water partition coefficient (Wildman–Crippen LogP) is 6.92. The zero-order valence-electron chi connectivity index (χ0n) is 20.0. The molecule has 2 heterocycles. The van der Waals surface area contributed by atoms with Gasteiger partial charge in [-0.1, -0.05) is 62.4 Å². The third kappa shape index (κ3) is 3.54. The van der Waals surface area contributed by atoms with Crippen molar-refractivity contribution in [2.75, 3.05) is 0 Å². The van der Waals surface area contributed by atoms with Crippen LogP contribution in [-0.4, -0.2) is 9.55 Å². The van der Waals surface area contributed by atoms with Gasteiger partial charge in [0.1, 0.15) is 5.69 Å². The molecule has 0 amide bonds. The second-order valence-corrected chi connectivity index (χ2v) is 9.15. The molecule has 0 aliphatic heterocycles. The maximum Gasteiger partial charge on any atom is 0.296 e. The van der Waals surface area contributed by atoms with Crippen molar-refractivity contribution in [3.63, 3.8) is 0 Å². The van der Waals surface area contributed by atoms with Gasteiger partial charge in [0.05, 0.1) is 12.6 Å². The first-order chi connectivity index (χ1) is 16.0. The molecule has 3 heteroatoms. The average molecular weight is 433 g/mol. The van der Waals surface area contributed by atoms with Crippen LogP contribution in [0.3, 0.4) is 0 Å². The number of benzene rings is 3. The van der Waals surface area contributed by atoms with Crippen LogP contribution in [0.2, 0.25) is 0 Å². The summed E-state index contributed by atoms with van der Waals surface area (Å²) in [6.45, 7) is 8.92. The van der Waals surface area contributed by atoms with Crippen molar-refractivity contribution in [1.82, 2.24) is 9.55 Å². The second-order valence-electron chi connectivity index (χ2n) is 9.15. The van der Waals surface area contributed by atoms with Crippen LogP contribution in [0.5, 0.6) is 0 Å². The minimum absolute atomic E-state index is 0.373. The molecular formula is C30H30N3+. The highest BCUT2D eigenvalue weighted by Gasteiger charge is 2.30. The average Bonchev–Trinajstić information content (AvgIpc) is 3.13. The molecule has 0 radical (unpaired) electrons. The molecule has 5 aromatic rings. The lowest BCUT2D eigenvalue weighted by atomic mass is 9.95. The van der Waals surface area contributed by atoms with Gasteiger partial charge in [-0.25, -0.2) is 4.57 Å². The Bertz CT molecular complexity index is 1460. The number of aryl methyl sites for hydroxylation is 3. The summed E-state index contributed by atoms with van der Waals surface area (Å²) in [7, 11) is 2.16. The van der Waals surface area contributed by atoms with E-state index in [2.05, 4.69) is 122 Å². The van der Waals surface area contributed by atoms with E-state index in [1.165, 1.54) is 44.5 Å². The maximum atomic E-state index is 4.48. The van der Waals surface area contributed by atoms with Crippen molar-refractivity contribution < 1.29 is 4.57 Å². The Morgan fingerprint density at radius 3 is 2.33 bits per heavy atom. The molecule has 0 aliphatic carbocycles. The highest BCUT2D eigenvalue weighted by Crippen LogP contribution is 2.35. The van der Waals surface area contributed by atoms with Gasteiger partial charge in [-0.15, -0.1) is 0 Å². The fraction of sp³-hybridized carbons (Fsp3) is 0.200. The van der Waals surface area contributed by atoms with Crippen LogP contribution in [0.25, 0.3) is 39.2 Å². The summed E-state index contributed by atoms with van der Waals surface area (Å²) < 4.78 is 4.75. The lowest BCUT2D eigenvalue weighted by Gasteiger charge is -2.15. The van der Waals surface area contributed by atoms with E-state index in [0.717, 1.165) is 11.4 Å². The first-order valence-electron chi connectivity index (χ1n) is 11.6. The zero-order valence-corrected chi connectivity index (χ0v) is 20.0. The van der Waals surface area contributed by atoms with Gasteiger partial charge in [0.2, 0.25) is 0 Å². The molecule has 0 saturated carbocycles. The first-order valence-corrected chi connectivity index (χ1v) is 11.6. The van der Waals surface area contributed by atoms with E-state index < -0.39 is 0 Å². The van der Waals surface area contributed by atoms with Crippen molar-refractivity contribution >= 4 is 11.0 Å². The van der Waals surface area contributed by atoms with Gasteiger partial charge >= 0.3 is 0 Å². The largest absolute Gasteiger partial charge is 0.296 e. The first kappa shape index (κ1) is 21.1. The molecule has 0 unspecified atom stereocenters. The molecule has 0 aliphatic rings. The Balaban J connectivity index is 1.87. The monoisotopic (exact) mass is 432 g/mol. The van der Waals surface area contributed by atoms with Gasteiger partial charge in [-0.05, 0) is 60.7 Å². The summed E-state index contributed by atoms with van der Waals surface area (Å²) >= 11 is 0. The fourth-order valence-corrected chi connectivity index (χ4v) is 4.84. The van der Waals surface area contributed by atoms with Crippen LogP contribution in [0.4, 0.5) is 0 Å². The van der Waals surface area contributed by atoms with Crippen LogP contribution in [-0.2, 0) is 7.05 Å². The van der Waals surface area contributed by atoms with Gasteiger partial charge in [0.15, 0.2) is 11.0 Å². The molecule has 0 atom stereocenters. The van der Waals surface area contributed by atoms with E-state index in [1.54, 1.807) is 0 Å². The Hall–Kier alpha value is -3.72. The summed E-state index contributed by atoms with van der Waals surface area (Å²) in [5.74, 6) is 1.53. The normalized spacial score (nSPS) is 11.5. The van der Waals surface area contributed by atoms with E-state index in [0.29, 0.717) is 5.92 Å². The third-order valence-electron chi connectivity index (χ3n) is 6.61. The Morgan fingerprint density at radius 1 is 0.818 bits per heavy atom. The molecule has 33 heavy (non-hydrogen) atoms. The number of nitrogens with zero attached hydrogens (tertiary/aromatic N) is 3. The summed E-state index contributed by atoms with van der Waals surface area (Å²) in [4.78, 5) is 4.48. The van der Waals surface area contributed by atoms with Crippen molar-refractivity contribution in [3.8, 4) is 28.2 Å². The third-order valence-corrected chi connectivity index (χ3v) is 6.61. The number of hydrogen-bond donors (Lipinski definition) is 0. The number of rotatable bonds is 4. The summed E-state index contributed by atoms with van der Waals surface area (Å²) in [5, 5.41) is 0. The van der Waals surface area contributed by atoms with Crippen LogP contribution in [0.1, 0.15) is 36.5 Å². The van der Waals surface area contributed by atoms with Gasteiger partial charge in [0.25, 0.3) is 5.82 Å². The standard InChI is InChI=1S/C30H30N3/c1-20(2)25-18-24(23-11-7-6-8-12-23)14-15-27(25)33-29-22(4)10-9-13-28(29)32(5)30(33)26-19-31-17-16-21(26)3/h6-20H,1-5H3/q+1. The summed E-state index contributed by atoms with van der Waals surface area (Å²) in [6.07, 6.45) is 3.86. The maximum absolute atomic E-state index is 4.48.